The van der Waals surface area contributed by atoms with Crippen molar-refractivity contribution in [3.8, 4) is 0 Å². The number of hydrazine groups is 1. The van der Waals surface area contributed by atoms with Crippen molar-refractivity contribution in [1.29, 1.82) is 0 Å². The van der Waals surface area contributed by atoms with E-state index in [9.17, 15) is 8.78 Å². The maximum atomic E-state index is 13.1. The van der Waals surface area contributed by atoms with Gasteiger partial charge in [0.05, 0.1) is 0 Å². The molecule has 76 valence electrons. The lowest BCUT2D eigenvalue weighted by Crippen LogP contribution is -2.32. The van der Waals surface area contributed by atoms with Crippen molar-refractivity contribution in [2.45, 2.75) is 6.42 Å². The van der Waals surface area contributed by atoms with Crippen LogP contribution >= 0.6 is 0 Å². The first-order valence-corrected chi connectivity index (χ1v) is 4.04. The van der Waals surface area contributed by atoms with Crippen LogP contribution in [0, 0.1) is 11.6 Å². The van der Waals surface area contributed by atoms with Crippen LogP contribution in [0.4, 0.5) is 8.78 Å². The number of hydrogen-bond donors (Lipinski definition) is 2. The Kier molecular flexibility index (Phi) is 3.53. The van der Waals surface area contributed by atoms with Gasteiger partial charge in [0.25, 0.3) is 0 Å². The van der Waals surface area contributed by atoms with Gasteiger partial charge in [0, 0.05) is 13.5 Å². The van der Waals surface area contributed by atoms with E-state index < -0.39 is 11.6 Å². The van der Waals surface area contributed by atoms with Crippen molar-refractivity contribution in [3.05, 3.63) is 35.4 Å². The minimum absolute atomic E-state index is 0.149. The first-order chi connectivity index (χ1) is 6.69. The van der Waals surface area contributed by atoms with E-state index in [0.717, 1.165) is 6.07 Å². The van der Waals surface area contributed by atoms with Crippen molar-refractivity contribution in [2.75, 3.05) is 7.05 Å². The fourth-order valence-electron chi connectivity index (χ4n) is 1.06. The Labute approximate surface area is 80.6 Å². The van der Waals surface area contributed by atoms with Crippen LogP contribution in [0.3, 0.4) is 0 Å². The lowest BCUT2D eigenvalue weighted by molar-refractivity contribution is 0.501. The van der Waals surface area contributed by atoms with Crippen molar-refractivity contribution >= 4 is 5.84 Å². The molecule has 0 aliphatic heterocycles. The number of halogens is 2. The van der Waals surface area contributed by atoms with Gasteiger partial charge in [0.1, 0.15) is 5.84 Å². The van der Waals surface area contributed by atoms with Crippen LogP contribution in [-0.2, 0) is 6.42 Å². The highest BCUT2D eigenvalue weighted by molar-refractivity contribution is 5.83. The highest BCUT2D eigenvalue weighted by Gasteiger charge is 2.08. The molecule has 0 saturated carbocycles. The molecule has 0 amide bonds. The lowest BCUT2D eigenvalue weighted by atomic mass is 10.1. The van der Waals surface area contributed by atoms with Gasteiger partial charge in [-0.05, 0) is 11.6 Å². The van der Waals surface area contributed by atoms with Gasteiger partial charge in [0.2, 0.25) is 0 Å². The molecule has 1 rings (SSSR count). The molecular formula is C9H11F2N3. The normalized spacial score (nSPS) is 11.6. The highest BCUT2D eigenvalue weighted by atomic mass is 19.2. The topological polar surface area (TPSA) is 50.4 Å². The van der Waals surface area contributed by atoms with Gasteiger partial charge in [-0.1, -0.05) is 12.1 Å². The summed E-state index contributed by atoms with van der Waals surface area (Å²) in [5.41, 5.74) is 2.53. The minimum Gasteiger partial charge on any atom is -0.312 e. The van der Waals surface area contributed by atoms with Crippen LogP contribution in [-0.4, -0.2) is 12.9 Å². The Bertz CT molecular complexity index is 350. The highest BCUT2D eigenvalue weighted by Crippen LogP contribution is 2.11. The van der Waals surface area contributed by atoms with Crippen LogP contribution in [0.5, 0.6) is 0 Å². The molecule has 0 atom stereocenters. The van der Waals surface area contributed by atoms with Crippen LogP contribution in [0.15, 0.2) is 23.2 Å². The summed E-state index contributed by atoms with van der Waals surface area (Å²) in [6.07, 6.45) is 0.149. The predicted molar refractivity (Wildman–Crippen MR) is 50.7 cm³/mol. The SMILES string of the molecule is CN=C(Cc1cccc(F)c1F)NN. The summed E-state index contributed by atoms with van der Waals surface area (Å²) in [6, 6.07) is 4.00. The summed E-state index contributed by atoms with van der Waals surface area (Å²) in [5.74, 6) is 3.80. The Hall–Kier alpha value is -1.49. The summed E-state index contributed by atoms with van der Waals surface area (Å²) in [5, 5.41) is 0. The molecule has 1 aromatic carbocycles. The number of hydrogen-bond acceptors (Lipinski definition) is 2. The summed E-state index contributed by atoms with van der Waals surface area (Å²) < 4.78 is 25.9. The zero-order valence-electron chi connectivity index (χ0n) is 7.72. The molecule has 0 aliphatic rings. The van der Waals surface area contributed by atoms with Gasteiger partial charge >= 0.3 is 0 Å². The smallest absolute Gasteiger partial charge is 0.162 e. The summed E-state index contributed by atoms with van der Waals surface area (Å²) in [6.45, 7) is 0. The van der Waals surface area contributed by atoms with Gasteiger partial charge in [-0.3, -0.25) is 4.99 Å². The second-order valence-corrected chi connectivity index (χ2v) is 2.70. The van der Waals surface area contributed by atoms with E-state index in [0.29, 0.717) is 5.84 Å². The monoisotopic (exact) mass is 199 g/mol. The number of nitrogens with two attached hydrogens (primary N) is 1. The minimum atomic E-state index is -0.866. The number of aliphatic imine (C=N–C) groups is 1. The molecule has 0 bridgehead atoms. The molecule has 1 aromatic rings. The Morgan fingerprint density at radius 2 is 2.21 bits per heavy atom. The average Bonchev–Trinajstić information content (AvgIpc) is 2.20. The maximum absolute atomic E-state index is 13.1. The third kappa shape index (κ3) is 2.26. The number of nitrogens with one attached hydrogen (secondary N) is 1. The number of amidine groups is 1. The van der Waals surface area contributed by atoms with E-state index in [4.69, 9.17) is 5.84 Å². The molecule has 0 saturated heterocycles. The molecule has 5 heteroatoms. The van der Waals surface area contributed by atoms with Gasteiger partial charge in [-0.25, -0.2) is 14.6 Å². The third-order valence-electron chi connectivity index (χ3n) is 1.83. The molecule has 0 radical (unpaired) electrons. The van der Waals surface area contributed by atoms with Gasteiger partial charge in [0.15, 0.2) is 11.6 Å². The Morgan fingerprint density at radius 3 is 2.79 bits per heavy atom. The summed E-state index contributed by atoms with van der Waals surface area (Å²) >= 11 is 0. The van der Waals surface area contributed by atoms with Crippen LogP contribution in [0.2, 0.25) is 0 Å². The molecule has 3 nitrogen and oxygen atoms in total. The molecule has 0 aliphatic carbocycles. The van der Waals surface area contributed by atoms with Crippen LogP contribution < -0.4 is 11.3 Å². The number of benzene rings is 1. The molecule has 0 heterocycles. The van der Waals surface area contributed by atoms with E-state index in [1.54, 1.807) is 0 Å². The zero-order chi connectivity index (χ0) is 10.6. The van der Waals surface area contributed by atoms with Crippen LogP contribution in [0.1, 0.15) is 5.56 Å². The van der Waals surface area contributed by atoms with Gasteiger partial charge in [-0.15, -0.1) is 0 Å². The zero-order valence-corrected chi connectivity index (χ0v) is 7.72. The summed E-state index contributed by atoms with van der Waals surface area (Å²) in [7, 11) is 1.52. The van der Waals surface area contributed by atoms with E-state index in [1.807, 2.05) is 0 Å². The van der Waals surface area contributed by atoms with Crippen molar-refractivity contribution in [2.24, 2.45) is 10.8 Å². The Balaban J connectivity index is 2.92. The quantitative estimate of drug-likeness (QED) is 0.323. The van der Waals surface area contributed by atoms with Gasteiger partial charge < -0.3 is 5.43 Å². The maximum Gasteiger partial charge on any atom is 0.162 e. The van der Waals surface area contributed by atoms with Crippen molar-refractivity contribution in [1.82, 2.24) is 5.43 Å². The molecule has 0 unspecified atom stereocenters. The fraction of sp³-hybridized carbons (Fsp3) is 0.222. The molecule has 0 fully saturated rings. The third-order valence-corrected chi connectivity index (χ3v) is 1.83. The summed E-state index contributed by atoms with van der Waals surface area (Å²) in [4.78, 5) is 3.76. The van der Waals surface area contributed by atoms with Crippen molar-refractivity contribution in [3.63, 3.8) is 0 Å². The standard InChI is InChI=1S/C9H11F2N3/c1-13-8(14-12)5-6-3-2-4-7(10)9(6)11/h2-4H,5,12H2,1H3,(H,13,14). The van der Waals surface area contributed by atoms with Gasteiger partial charge in [-0.2, -0.15) is 0 Å². The van der Waals surface area contributed by atoms with Crippen LogP contribution in [0.25, 0.3) is 0 Å². The predicted octanol–water partition coefficient (Wildman–Crippen LogP) is 0.999. The average molecular weight is 199 g/mol. The lowest BCUT2D eigenvalue weighted by Gasteiger charge is -2.05. The molecule has 14 heavy (non-hydrogen) atoms. The molecule has 3 N–H and O–H groups in total. The molecule has 0 spiro atoms. The second-order valence-electron chi connectivity index (χ2n) is 2.70. The Morgan fingerprint density at radius 1 is 1.50 bits per heavy atom. The first kappa shape index (κ1) is 10.6. The number of nitrogens with zero attached hydrogens (tertiary/aromatic N) is 1. The van der Waals surface area contributed by atoms with E-state index >= 15 is 0 Å². The van der Waals surface area contributed by atoms with E-state index in [-0.39, 0.29) is 12.0 Å². The second kappa shape index (κ2) is 4.66. The molecular weight excluding hydrogens is 188 g/mol. The number of rotatable bonds is 2. The largest absolute Gasteiger partial charge is 0.312 e. The fourth-order valence-corrected chi connectivity index (χ4v) is 1.06. The van der Waals surface area contributed by atoms with E-state index in [2.05, 4.69) is 10.4 Å². The first-order valence-electron chi connectivity index (χ1n) is 4.04. The van der Waals surface area contributed by atoms with E-state index in [1.165, 1.54) is 19.2 Å². The van der Waals surface area contributed by atoms with Crippen molar-refractivity contribution < 1.29 is 8.78 Å². The molecule has 0 aromatic heterocycles.